The summed E-state index contributed by atoms with van der Waals surface area (Å²) in [6.45, 7) is 10.00. The summed E-state index contributed by atoms with van der Waals surface area (Å²) < 4.78 is 0. The first kappa shape index (κ1) is 19.9. The van der Waals surface area contributed by atoms with Gasteiger partial charge in [-0.3, -0.25) is 14.6 Å². The van der Waals surface area contributed by atoms with Gasteiger partial charge >= 0.3 is 0 Å². The van der Waals surface area contributed by atoms with E-state index in [-0.39, 0.29) is 29.2 Å². The summed E-state index contributed by atoms with van der Waals surface area (Å²) in [4.78, 5) is 28.3. The van der Waals surface area contributed by atoms with Crippen molar-refractivity contribution in [2.24, 2.45) is 11.3 Å². The fourth-order valence-corrected chi connectivity index (χ4v) is 2.90. The van der Waals surface area contributed by atoms with Crippen LogP contribution in [0.1, 0.15) is 40.2 Å². The Kier molecular flexibility index (Phi) is 6.35. The third kappa shape index (κ3) is 5.28. The molecule has 0 fully saturated rings. The van der Waals surface area contributed by atoms with Crippen LogP contribution < -0.4 is 10.6 Å². The lowest BCUT2D eigenvalue weighted by Crippen LogP contribution is -2.51. The first-order valence-corrected chi connectivity index (χ1v) is 9.05. The zero-order valence-electron chi connectivity index (χ0n) is 16.3. The minimum Gasteiger partial charge on any atom is -0.354 e. The molecule has 1 aromatic heterocycles. The molecule has 140 valence electrons. The molecule has 26 heavy (non-hydrogen) atoms. The minimum absolute atomic E-state index is 0.0109. The van der Waals surface area contributed by atoms with Crippen molar-refractivity contribution in [2.75, 3.05) is 6.54 Å². The number of amides is 2. The highest BCUT2D eigenvalue weighted by atomic mass is 16.2. The maximum atomic E-state index is 12.7. The smallest absolute Gasteiger partial charge is 0.223 e. The van der Waals surface area contributed by atoms with E-state index in [2.05, 4.69) is 42.5 Å². The number of hydrogen-bond donors (Lipinski definition) is 2. The molecule has 5 heteroatoms. The molecule has 0 aliphatic carbocycles. The second-order valence-electron chi connectivity index (χ2n) is 7.99. The number of aromatic nitrogens is 1. The lowest BCUT2D eigenvalue weighted by atomic mass is 9.86. The molecule has 2 aromatic rings. The Morgan fingerprint density at radius 2 is 1.85 bits per heavy atom. The van der Waals surface area contributed by atoms with Crippen LogP contribution in [-0.2, 0) is 16.0 Å². The Labute approximate surface area is 155 Å². The van der Waals surface area contributed by atoms with E-state index in [1.54, 1.807) is 0 Å². The van der Waals surface area contributed by atoms with Crippen LogP contribution in [0.2, 0.25) is 0 Å². The molecule has 5 nitrogen and oxygen atoms in total. The third-order valence-corrected chi connectivity index (χ3v) is 4.64. The lowest BCUT2D eigenvalue weighted by Gasteiger charge is -2.32. The van der Waals surface area contributed by atoms with Crippen molar-refractivity contribution in [3.05, 3.63) is 42.2 Å². The number of carbonyl (C=O) groups excluding carboxylic acids is 2. The van der Waals surface area contributed by atoms with Crippen LogP contribution >= 0.6 is 0 Å². The predicted molar refractivity (Wildman–Crippen MR) is 105 cm³/mol. The van der Waals surface area contributed by atoms with Crippen molar-refractivity contribution in [2.45, 2.75) is 47.1 Å². The SMILES string of the molecule is CC(=O)NCC(NC(=O)C(C)Cc1cncc2ccccc12)C(C)(C)C. The lowest BCUT2D eigenvalue weighted by molar-refractivity contribution is -0.126. The molecule has 0 saturated heterocycles. The van der Waals surface area contributed by atoms with E-state index in [1.165, 1.54) is 6.92 Å². The van der Waals surface area contributed by atoms with Crippen molar-refractivity contribution < 1.29 is 9.59 Å². The van der Waals surface area contributed by atoms with Crippen LogP contribution in [0.4, 0.5) is 0 Å². The first-order valence-electron chi connectivity index (χ1n) is 9.05. The summed E-state index contributed by atoms with van der Waals surface area (Å²) in [5.74, 6) is -0.295. The molecule has 0 aliphatic rings. The minimum atomic E-state index is -0.190. The zero-order valence-corrected chi connectivity index (χ0v) is 16.3. The third-order valence-electron chi connectivity index (χ3n) is 4.64. The van der Waals surface area contributed by atoms with Gasteiger partial charge in [0.2, 0.25) is 11.8 Å². The van der Waals surface area contributed by atoms with Gasteiger partial charge in [-0.15, -0.1) is 0 Å². The molecule has 2 atom stereocenters. The average molecular weight is 355 g/mol. The summed E-state index contributed by atoms with van der Waals surface area (Å²) in [7, 11) is 0. The van der Waals surface area contributed by atoms with Crippen molar-refractivity contribution in [3.8, 4) is 0 Å². The number of nitrogens with one attached hydrogen (secondary N) is 2. The quantitative estimate of drug-likeness (QED) is 0.836. The Morgan fingerprint density at radius 3 is 2.50 bits per heavy atom. The molecule has 0 spiro atoms. The molecule has 0 aliphatic heterocycles. The first-order chi connectivity index (χ1) is 12.2. The van der Waals surface area contributed by atoms with Crippen LogP contribution in [-0.4, -0.2) is 29.4 Å². The van der Waals surface area contributed by atoms with E-state index in [0.717, 1.165) is 16.3 Å². The molecule has 2 amide bonds. The van der Waals surface area contributed by atoms with E-state index < -0.39 is 0 Å². The van der Waals surface area contributed by atoms with E-state index in [1.807, 2.05) is 37.5 Å². The maximum absolute atomic E-state index is 12.7. The molecule has 0 bridgehead atoms. The summed E-state index contributed by atoms with van der Waals surface area (Å²) >= 11 is 0. The summed E-state index contributed by atoms with van der Waals surface area (Å²) in [5, 5.41) is 8.12. The molecule has 2 rings (SSSR count). The van der Waals surface area contributed by atoms with Gasteiger partial charge in [-0.25, -0.2) is 0 Å². The highest BCUT2D eigenvalue weighted by Crippen LogP contribution is 2.22. The summed E-state index contributed by atoms with van der Waals surface area (Å²) in [6.07, 6.45) is 4.30. The van der Waals surface area contributed by atoms with Gasteiger partial charge in [0.25, 0.3) is 0 Å². The highest BCUT2D eigenvalue weighted by Gasteiger charge is 2.28. The van der Waals surface area contributed by atoms with Gasteiger partial charge in [0.15, 0.2) is 0 Å². The summed E-state index contributed by atoms with van der Waals surface area (Å²) in [6, 6.07) is 7.94. The van der Waals surface area contributed by atoms with Crippen LogP contribution in [0.25, 0.3) is 10.8 Å². The number of hydrogen-bond acceptors (Lipinski definition) is 3. The van der Waals surface area contributed by atoms with Gasteiger partial charge in [0.1, 0.15) is 0 Å². The Morgan fingerprint density at radius 1 is 1.15 bits per heavy atom. The van der Waals surface area contributed by atoms with Crippen LogP contribution in [0.5, 0.6) is 0 Å². The van der Waals surface area contributed by atoms with E-state index >= 15 is 0 Å². The second kappa shape index (κ2) is 8.30. The van der Waals surface area contributed by atoms with E-state index in [4.69, 9.17) is 0 Å². The topological polar surface area (TPSA) is 71.1 Å². The normalized spacial score (nSPS) is 13.9. The molecular formula is C21H29N3O2. The Bertz CT molecular complexity index is 775. The number of rotatable bonds is 6. The predicted octanol–water partition coefficient (Wildman–Crippen LogP) is 3.08. The van der Waals surface area contributed by atoms with Crippen molar-refractivity contribution in [3.63, 3.8) is 0 Å². The average Bonchev–Trinajstić information content (AvgIpc) is 2.57. The number of fused-ring (bicyclic) bond motifs is 1. The van der Waals surface area contributed by atoms with E-state index in [0.29, 0.717) is 13.0 Å². The number of carbonyl (C=O) groups is 2. The fourth-order valence-electron chi connectivity index (χ4n) is 2.90. The number of pyridine rings is 1. The van der Waals surface area contributed by atoms with Gasteiger partial charge < -0.3 is 10.6 Å². The van der Waals surface area contributed by atoms with Gasteiger partial charge in [0.05, 0.1) is 6.04 Å². The molecule has 2 N–H and O–H groups in total. The monoisotopic (exact) mass is 355 g/mol. The molecule has 1 heterocycles. The van der Waals surface area contributed by atoms with Crippen LogP contribution in [0, 0.1) is 11.3 Å². The molecule has 0 saturated carbocycles. The molecule has 0 radical (unpaired) electrons. The van der Waals surface area contributed by atoms with Crippen molar-refractivity contribution in [1.82, 2.24) is 15.6 Å². The largest absolute Gasteiger partial charge is 0.354 e. The second-order valence-corrected chi connectivity index (χ2v) is 7.99. The molecular weight excluding hydrogens is 326 g/mol. The van der Waals surface area contributed by atoms with Gasteiger partial charge in [-0.1, -0.05) is 52.0 Å². The fraction of sp³-hybridized carbons (Fsp3) is 0.476. The molecule has 2 unspecified atom stereocenters. The van der Waals surface area contributed by atoms with Gasteiger partial charge in [0, 0.05) is 37.2 Å². The van der Waals surface area contributed by atoms with E-state index in [9.17, 15) is 9.59 Å². The van der Waals surface area contributed by atoms with Gasteiger partial charge in [-0.05, 0) is 22.8 Å². The summed E-state index contributed by atoms with van der Waals surface area (Å²) in [5.41, 5.74) is 0.915. The maximum Gasteiger partial charge on any atom is 0.223 e. The Hall–Kier alpha value is -2.43. The number of benzene rings is 1. The van der Waals surface area contributed by atoms with Crippen LogP contribution in [0.3, 0.4) is 0 Å². The van der Waals surface area contributed by atoms with Gasteiger partial charge in [-0.2, -0.15) is 0 Å². The van der Waals surface area contributed by atoms with Crippen LogP contribution in [0.15, 0.2) is 36.7 Å². The van der Waals surface area contributed by atoms with Crippen molar-refractivity contribution in [1.29, 1.82) is 0 Å². The molecule has 1 aromatic carbocycles. The number of nitrogens with zero attached hydrogens (tertiary/aromatic N) is 1. The zero-order chi connectivity index (χ0) is 19.3. The highest BCUT2D eigenvalue weighted by molar-refractivity contribution is 5.86. The standard InChI is InChI=1S/C21H29N3O2/c1-14(10-17-12-22-11-16-8-6-7-9-18(16)17)20(26)24-19(21(3,4)5)13-23-15(2)25/h6-9,11-12,14,19H,10,13H2,1-5H3,(H,23,25)(H,24,26). The van der Waals surface area contributed by atoms with Crippen molar-refractivity contribution >= 4 is 22.6 Å². The Balaban J connectivity index is 2.09.